The average molecular weight is 478 g/mol. The number of benzene rings is 3. The van der Waals surface area contributed by atoms with E-state index in [1.54, 1.807) is 7.11 Å². The van der Waals surface area contributed by atoms with Crippen LogP contribution in [0.4, 0.5) is 10.1 Å². The van der Waals surface area contributed by atoms with Gasteiger partial charge < -0.3 is 14.8 Å². The van der Waals surface area contributed by atoms with E-state index in [9.17, 15) is 9.18 Å². The Labute approximate surface area is 201 Å². The highest BCUT2D eigenvalue weighted by atomic mass is 32.2. The number of anilines is 1. The van der Waals surface area contributed by atoms with Crippen LogP contribution in [0.3, 0.4) is 0 Å². The van der Waals surface area contributed by atoms with E-state index < -0.39 is 0 Å². The largest absolute Gasteiger partial charge is 0.497 e. The minimum Gasteiger partial charge on any atom is -0.497 e. The van der Waals surface area contributed by atoms with Crippen LogP contribution in [0.2, 0.25) is 0 Å². The Balaban J connectivity index is 1.57. The van der Waals surface area contributed by atoms with Crippen molar-refractivity contribution in [3.63, 3.8) is 0 Å². The molecule has 1 N–H and O–H groups in total. The number of nitrogens with one attached hydrogen (secondary N) is 1. The molecule has 0 radical (unpaired) electrons. The number of hydrogen-bond acceptors (Lipinski definition) is 5. The van der Waals surface area contributed by atoms with Gasteiger partial charge in [-0.25, -0.2) is 9.37 Å². The molecule has 0 saturated heterocycles. The van der Waals surface area contributed by atoms with Crippen molar-refractivity contribution in [2.45, 2.75) is 12.1 Å². The lowest BCUT2D eigenvalue weighted by atomic mass is 10.1. The summed E-state index contributed by atoms with van der Waals surface area (Å²) in [5.74, 6) is 1.14. The summed E-state index contributed by atoms with van der Waals surface area (Å²) in [6.07, 6.45) is 1.94. The van der Waals surface area contributed by atoms with Gasteiger partial charge in [0.05, 0.1) is 25.2 Å². The number of thioether (sulfide) groups is 1. The fourth-order valence-corrected chi connectivity index (χ4v) is 4.07. The number of nitrogens with zero attached hydrogens (tertiary/aromatic N) is 2. The monoisotopic (exact) mass is 477 g/mol. The molecule has 6 nitrogen and oxygen atoms in total. The molecule has 4 aromatic rings. The van der Waals surface area contributed by atoms with Gasteiger partial charge in [0, 0.05) is 23.1 Å². The Morgan fingerprint density at radius 2 is 1.68 bits per heavy atom. The molecule has 0 saturated carbocycles. The van der Waals surface area contributed by atoms with Crippen LogP contribution in [-0.4, -0.2) is 34.9 Å². The van der Waals surface area contributed by atoms with Crippen LogP contribution >= 0.6 is 11.8 Å². The van der Waals surface area contributed by atoms with E-state index in [2.05, 4.69) is 5.32 Å². The molecule has 1 aromatic heterocycles. The van der Waals surface area contributed by atoms with E-state index in [0.29, 0.717) is 17.5 Å². The lowest BCUT2D eigenvalue weighted by molar-refractivity contribution is -0.113. The number of halogens is 1. The molecule has 0 unspecified atom stereocenters. The Morgan fingerprint density at radius 1 is 1.00 bits per heavy atom. The van der Waals surface area contributed by atoms with E-state index in [0.717, 1.165) is 28.4 Å². The van der Waals surface area contributed by atoms with E-state index in [1.165, 1.54) is 36.0 Å². The van der Waals surface area contributed by atoms with Crippen molar-refractivity contribution in [1.29, 1.82) is 0 Å². The normalized spacial score (nSPS) is 10.7. The number of hydrogen-bond donors (Lipinski definition) is 1. The third kappa shape index (κ3) is 5.77. The number of rotatable bonds is 9. The van der Waals surface area contributed by atoms with Crippen LogP contribution in [0.15, 0.2) is 84.1 Å². The summed E-state index contributed by atoms with van der Waals surface area (Å²) < 4.78 is 25.8. The summed E-state index contributed by atoms with van der Waals surface area (Å²) in [5.41, 5.74) is 3.15. The second kappa shape index (κ2) is 10.9. The minimum absolute atomic E-state index is 0.146. The van der Waals surface area contributed by atoms with Gasteiger partial charge in [-0.05, 0) is 79.7 Å². The van der Waals surface area contributed by atoms with Crippen molar-refractivity contribution in [2.75, 3.05) is 24.8 Å². The fraction of sp³-hybridized carbons (Fsp3) is 0.154. The minimum atomic E-state index is -0.351. The summed E-state index contributed by atoms with van der Waals surface area (Å²) in [6.45, 7) is 2.55. The lowest BCUT2D eigenvalue weighted by Gasteiger charge is -2.09. The van der Waals surface area contributed by atoms with Crippen LogP contribution in [-0.2, 0) is 4.79 Å². The molecule has 0 bridgehead atoms. The topological polar surface area (TPSA) is 65.4 Å². The first-order chi connectivity index (χ1) is 16.6. The smallest absolute Gasteiger partial charge is 0.234 e. The quantitative estimate of drug-likeness (QED) is 0.308. The number of imidazole rings is 1. The maximum Gasteiger partial charge on any atom is 0.234 e. The molecule has 1 amide bonds. The Hall–Kier alpha value is -3.78. The van der Waals surface area contributed by atoms with E-state index in [-0.39, 0.29) is 17.5 Å². The molecule has 1 heterocycles. The maximum atomic E-state index is 13.1. The fourth-order valence-electron chi connectivity index (χ4n) is 3.28. The molecule has 8 heteroatoms. The number of methoxy groups -OCH3 is 1. The summed E-state index contributed by atoms with van der Waals surface area (Å²) in [5, 5.41) is 3.45. The molecule has 0 spiro atoms. The first-order valence-electron chi connectivity index (χ1n) is 10.7. The Morgan fingerprint density at radius 3 is 2.32 bits per heavy atom. The van der Waals surface area contributed by atoms with E-state index in [4.69, 9.17) is 14.5 Å². The van der Waals surface area contributed by atoms with Gasteiger partial charge >= 0.3 is 0 Å². The van der Waals surface area contributed by atoms with Crippen LogP contribution in [0.1, 0.15) is 6.92 Å². The molecule has 4 rings (SSSR count). The van der Waals surface area contributed by atoms with Crippen LogP contribution in [0, 0.1) is 5.82 Å². The Kier molecular flexibility index (Phi) is 7.49. The van der Waals surface area contributed by atoms with Crippen molar-refractivity contribution in [3.8, 4) is 28.4 Å². The van der Waals surface area contributed by atoms with E-state index >= 15 is 0 Å². The number of aromatic nitrogens is 2. The summed E-state index contributed by atoms with van der Waals surface area (Å²) >= 11 is 1.32. The maximum absolute atomic E-state index is 13.1. The summed E-state index contributed by atoms with van der Waals surface area (Å²) in [6, 6.07) is 21.0. The zero-order valence-corrected chi connectivity index (χ0v) is 19.6. The SMILES string of the molecule is CCOc1ccc(-c2cn(-c3ccc(OC)cc3)c(SCC(=O)Nc3ccc(F)cc3)n2)cc1. The van der Waals surface area contributed by atoms with Gasteiger partial charge in [0.25, 0.3) is 0 Å². The van der Waals surface area contributed by atoms with E-state index in [1.807, 2.05) is 66.2 Å². The first kappa shape index (κ1) is 23.4. The highest BCUT2D eigenvalue weighted by molar-refractivity contribution is 7.99. The second-order valence-electron chi connectivity index (χ2n) is 7.28. The molecule has 3 aromatic carbocycles. The van der Waals surface area contributed by atoms with Gasteiger partial charge in [0.1, 0.15) is 17.3 Å². The molecule has 0 fully saturated rings. The molecule has 0 aliphatic rings. The third-order valence-corrected chi connectivity index (χ3v) is 5.90. The zero-order chi connectivity index (χ0) is 23.9. The molecule has 34 heavy (non-hydrogen) atoms. The summed E-state index contributed by atoms with van der Waals surface area (Å²) in [7, 11) is 1.62. The van der Waals surface area contributed by atoms with Gasteiger partial charge in [0.15, 0.2) is 5.16 Å². The second-order valence-corrected chi connectivity index (χ2v) is 8.22. The van der Waals surface area contributed by atoms with Crippen molar-refractivity contribution >= 4 is 23.4 Å². The highest BCUT2D eigenvalue weighted by Gasteiger charge is 2.14. The molecular weight excluding hydrogens is 453 g/mol. The van der Waals surface area contributed by atoms with Gasteiger partial charge in [-0.1, -0.05) is 11.8 Å². The number of carbonyl (C=O) groups is 1. The number of carbonyl (C=O) groups excluding carboxylic acids is 1. The molecule has 0 aliphatic carbocycles. The molecule has 174 valence electrons. The number of amides is 1. The van der Waals surface area contributed by atoms with Crippen LogP contribution < -0.4 is 14.8 Å². The lowest BCUT2D eigenvalue weighted by Crippen LogP contribution is -2.14. The predicted molar refractivity (Wildman–Crippen MR) is 132 cm³/mol. The van der Waals surface area contributed by atoms with Crippen LogP contribution in [0.25, 0.3) is 16.9 Å². The van der Waals surface area contributed by atoms with Crippen molar-refractivity contribution in [2.24, 2.45) is 0 Å². The third-order valence-electron chi connectivity index (χ3n) is 4.95. The average Bonchev–Trinajstić information content (AvgIpc) is 3.29. The van der Waals surface area contributed by atoms with Crippen molar-refractivity contribution in [3.05, 3.63) is 84.8 Å². The zero-order valence-electron chi connectivity index (χ0n) is 18.8. The van der Waals surface area contributed by atoms with Gasteiger partial charge in [-0.3, -0.25) is 9.36 Å². The van der Waals surface area contributed by atoms with Gasteiger partial charge in [-0.2, -0.15) is 0 Å². The molecule has 0 atom stereocenters. The standard InChI is InChI=1S/C26H24FN3O3S/c1-3-33-23-12-4-18(5-13-23)24-16-30(21-10-14-22(32-2)15-11-21)26(29-24)34-17-25(31)28-20-8-6-19(27)7-9-20/h4-16H,3,17H2,1-2H3,(H,28,31). The van der Waals surface area contributed by atoms with Crippen molar-refractivity contribution < 1.29 is 18.7 Å². The van der Waals surface area contributed by atoms with Crippen LogP contribution in [0.5, 0.6) is 11.5 Å². The highest BCUT2D eigenvalue weighted by Crippen LogP contribution is 2.29. The predicted octanol–water partition coefficient (Wildman–Crippen LogP) is 5.82. The van der Waals surface area contributed by atoms with Crippen molar-refractivity contribution in [1.82, 2.24) is 9.55 Å². The Bertz CT molecular complexity index is 1240. The first-order valence-corrected chi connectivity index (χ1v) is 11.7. The molecule has 0 aliphatic heterocycles. The van der Waals surface area contributed by atoms with Gasteiger partial charge in [0.2, 0.25) is 5.91 Å². The summed E-state index contributed by atoms with van der Waals surface area (Å²) in [4.78, 5) is 17.3. The van der Waals surface area contributed by atoms with Gasteiger partial charge in [-0.15, -0.1) is 0 Å². The number of ether oxygens (including phenoxy) is 2. The molecular formula is C26H24FN3O3S.